The van der Waals surface area contributed by atoms with Crippen molar-refractivity contribution >= 4 is 29.0 Å². The fourth-order valence-electron chi connectivity index (χ4n) is 3.26. The van der Waals surface area contributed by atoms with Gasteiger partial charge in [0.25, 0.3) is 5.91 Å². The van der Waals surface area contributed by atoms with Crippen molar-refractivity contribution in [1.29, 1.82) is 0 Å². The van der Waals surface area contributed by atoms with Gasteiger partial charge in [-0.25, -0.2) is 9.78 Å². The number of aryl methyl sites for hydroxylation is 1. The van der Waals surface area contributed by atoms with Gasteiger partial charge in [0.1, 0.15) is 0 Å². The molecule has 1 aliphatic heterocycles. The number of hydrogen-bond donors (Lipinski definition) is 2. The Kier molecular flexibility index (Phi) is 7.22. The third kappa shape index (κ3) is 6.01. The summed E-state index contributed by atoms with van der Waals surface area (Å²) >= 11 is 1.71. The van der Waals surface area contributed by atoms with Crippen molar-refractivity contribution in [3.63, 3.8) is 0 Å². The zero-order chi connectivity index (χ0) is 20.8. The quantitative estimate of drug-likeness (QED) is 0.760. The van der Waals surface area contributed by atoms with E-state index in [1.807, 2.05) is 18.7 Å². The molecule has 2 aromatic rings. The first-order valence-corrected chi connectivity index (χ1v) is 10.9. The molecule has 0 bridgehead atoms. The number of urea groups is 1. The molecule has 7 nitrogen and oxygen atoms in total. The summed E-state index contributed by atoms with van der Waals surface area (Å²) in [6, 6.07) is 6.88. The minimum absolute atomic E-state index is 0.000467. The molecule has 0 radical (unpaired) electrons. The van der Waals surface area contributed by atoms with Gasteiger partial charge >= 0.3 is 6.03 Å². The zero-order valence-corrected chi connectivity index (χ0v) is 18.1. The van der Waals surface area contributed by atoms with E-state index in [0.29, 0.717) is 24.3 Å². The molecule has 0 saturated carbocycles. The number of rotatable bonds is 6. The number of carbonyl (C=O) groups is 2. The number of hydrogen-bond acceptors (Lipinski definition) is 5. The van der Waals surface area contributed by atoms with Crippen LogP contribution in [-0.2, 0) is 13.0 Å². The second kappa shape index (κ2) is 9.84. The van der Waals surface area contributed by atoms with Crippen molar-refractivity contribution in [3.8, 4) is 0 Å². The number of benzene rings is 1. The van der Waals surface area contributed by atoms with Crippen LogP contribution in [0.4, 0.5) is 10.5 Å². The molecule has 0 spiro atoms. The monoisotopic (exact) mass is 415 g/mol. The van der Waals surface area contributed by atoms with Gasteiger partial charge in [0.15, 0.2) is 0 Å². The van der Waals surface area contributed by atoms with Crippen LogP contribution in [0, 0.1) is 0 Å². The van der Waals surface area contributed by atoms with Gasteiger partial charge in [0.05, 0.1) is 10.7 Å². The van der Waals surface area contributed by atoms with Crippen LogP contribution >= 0.6 is 11.3 Å². The van der Waals surface area contributed by atoms with Crippen LogP contribution in [0.25, 0.3) is 0 Å². The number of nitrogens with zero attached hydrogens (tertiary/aromatic N) is 3. The summed E-state index contributed by atoms with van der Waals surface area (Å²) in [6.45, 7) is 9.80. The number of carbonyl (C=O) groups excluding carboxylic acids is 2. The van der Waals surface area contributed by atoms with Crippen molar-refractivity contribution in [2.75, 3.05) is 31.5 Å². The van der Waals surface area contributed by atoms with Crippen molar-refractivity contribution < 1.29 is 9.59 Å². The molecule has 1 aromatic heterocycles. The number of piperazine rings is 1. The van der Waals surface area contributed by atoms with Gasteiger partial charge in [-0.15, -0.1) is 11.3 Å². The van der Waals surface area contributed by atoms with Gasteiger partial charge in [-0.1, -0.05) is 13.0 Å². The molecule has 3 amide bonds. The van der Waals surface area contributed by atoms with Crippen LogP contribution in [0.2, 0.25) is 0 Å². The van der Waals surface area contributed by atoms with Gasteiger partial charge < -0.3 is 15.5 Å². The maximum absolute atomic E-state index is 12.9. The standard InChI is InChI=1S/C21H29N5O2S/c1-4-19-23-18(14-29-19)13-25-8-10-26(11-9-25)20(27)16-6-5-7-17(12-16)24-21(28)22-15(2)3/h5-7,12,14-15H,4,8-11,13H2,1-3H3,(H2,22,24,28). The molecular formula is C21H29N5O2S. The lowest BCUT2D eigenvalue weighted by atomic mass is 10.1. The van der Waals surface area contributed by atoms with Crippen LogP contribution in [0.3, 0.4) is 0 Å². The molecule has 8 heteroatoms. The first-order valence-electron chi connectivity index (χ1n) is 10.1. The van der Waals surface area contributed by atoms with Gasteiger partial charge in [0, 0.05) is 55.4 Å². The normalized spacial score (nSPS) is 14.8. The molecule has 0 aliphatic carbocycles. The first-order chi connectivity index (χ1) is 13.9. The Morgan fingerprint density at radius 1 is 1.21 bits per heavy atom. The first kappa shape index (κ1) is 21.3. The summed E-state index contributed by atoms with van der Waals surface area (Å²) in [7, 11) is 0. The van der Waals surface area contributed by atoms with E-state index in [1.165, 1.54) is 5.01 Å². The largest absolute Gasteiger partial charge is 0.336 e. The third-order valence-electron chi connectivity index (χ3n) is 4.73. The Balaban J connectivity index is 1.53. The summed E-state index contributed by atoms with van der Waals surface area (Å²) in [5.41, 5.74) is 2.32. The van der Waals surface area contributed by atoms with E-state index < -0.39 is 0 Å². The Hall–Kier alpha value is -2.45. The molecule has 2 N–H and O–H groups in total. The fraction of sp³-hybridized carbons (Fsp3) is 0.476. The van der Waals surface area contributed by atoms with E-state index in [9.17, 15) is 9.59 Å². The van der Waals surface area contributed by atoms with Crippen LogP contribution < -0.4 is 10.6 Å². The van der Waals surface area contributed by atoms with E-state index in [2.05, 4.69) is 32.8 Å². The van der Waals surface area contributed by atoms with Crippen LogP contribution in [0.15, 0.2) is 29.6 Å². The van der Waals surface area contributed by atoms with Gasteiger partial charge in [-0.05, 0) is 38.5 Å². The molecular weight excluding hydrogens is 386 g/mol. The molecule has 0 unspecified atom stereocenters. The average Bonchev–Trinajstić information content (AvgIpc) is 3.15. The minimum atomic E-state index is -0.272. The number of thiazole rings is 1. The van der Waals surface area contributed by atoms with E-state index in [-0.39, 0.29) is 18.0 Å². The molecule has 0 atom stereocenters. The Bertz CT molecular complexity index is 843. The van der Waals surface area contributed by atoms with Crippen molar-refractivity contribution in [1.82, 2.24) is 20.1 Å². The van der Waals surface area contributed by atoms with Gasteiger partial charge in [0.2, 0.25) is 0 Å². The minimum Gasteiger partial charge on any atom is -0.336 e. The van der Waals surface area contributed by atoms with E-state index >= 15 is 0 Å². The fourth-order valence-corrected chi connectivity index (χ4v) is 4.00. The maximum atomic E-state index is 12.9. The van der Waals surface area contributed by atoms with Crippen LogP contribution in [0.1, 0.15) is 41.8 Å². The Labute approximate surface area is 176 Å². The van der Waals surface area contributed by atoms with Crippen LogP contribution in [-0.4, -0.2) is 58.9 Å². The van der Waals surface area contributed by atoms with E-state index in [1.54, 1.807) is 35.6 Å². The number of aromatic nitrogens is 1. The van der Waals surface area contributed by atoms with Crippen LogP contribution in [0.5, 0.6) is 0 Å². The lowest BCUT2D eigenvalue weighted by Crippen LogP contribution is -2.48. The second-order valence-electron chi connectivity index (χ2n) is 7.49. The maximum Gasteiger partial charge on any atom is 0.319 e. The highest BCUT2D eigenvalue weighted by Crippen LogP contribution is 2.16. The topological polar surface area (TPSA) is 77.6 Å². The number of nitrogens with one attached hydrogen (secondary N) is 2. The SMILES string of the molecule is CCc1nc(CN2CCN(C(=O)c3cccc(NC(=O)NC(C)C)c3)CC2)cs1. The highest BCUT2D eigenvalue weighted by molar-refractivity contribution is 7.09. The van der Waals surface area contributed by atoms with Crippen molar-refractivity contribution in [2.45, 2.75) is 39.8 Å². The molecule has 1 fully saturated rings. The Morgan fingerprint density at radius 2 is 1.97 bits per heavy atom. The Morgan fingerprint density at radius 3 is 2.62 bits per heavy atom. The highest BCUT2D eigenvalue weighted by atomic mass is 32.1. The van der Waals surface area contributed by atoms with E-state index in [4.69, 9.17) is 0 Å². The lowest BCUT2D eigenvalue weighted by molar-refractivity contribution is 0.0627. The smallest absolute Gasteiger partial charge is 0.319 e. The number of amides is 3. The molecule has 156 valence electrons. The summed E-state index contributed by atoms with van der Waals surface area (Å²) in [5.74, 6) is -0.000467. The number of anilines is 1. The predicted molar refractivity (Wildman–Crippen MR) is 116 cm³/mol. The van der Waals surface area contributed by atoms with Crippen molar-refractivity contribution in [3.05, 3.63) is 45.9 Å². The third-order valence-corrected chi connectivity index (χ3v) is 5.78. The van der Waals surface area contributed by atoms with E-state index in [0.717, 1.165) is 31.7 Å². The van der Waals surface area contributed by atoms with Crippen molar-refractivity contribution in [2.24, 2.45) is 0 Å². The van der Waals surface area contributed by atoms with Gasteiger partial charge in [-0.2, -0.15) is 0 Å². The molecule has 3 rings (SSSR count). The molecule has 29 heavy (non-hydrogen) atoms. The summed E-state index contributed by atoms with van der Waals surface area (Å²) in [5, 5.41) is 8.86. The lowest BCUT2D eigenvalue weighted by Gasteiger charge is -2.34. The summed E-state index contributed by atoms with van der Waals surface area (Å²) in [6.07, 6.45) is 0.972. The zero-order valence-electron chi connectivity index (χ0n) is 17.3. The highest BCUT2D eigenvalue weighted by Gasteiger charge is 2.23. The summed E-state index contributed by atoms with van der Waals surface area (Å²) < 4.78 is 0. The molecule has 1 aliphatic rings. The second-order valence-corrected chi connectivity index (χ2v) is 8.43. The average molecular weight is 416 g/mol. The molecule has 1 aromatic carbocycles. The predicted octanol–water partition coefficient (Wildman–Crippen LogP) is 3.19. The molecule has 2 heterocycles. The van der Waals surface area contributed by atoms with Gasteiger partial charge in [-0.3, -0.25) is 9.69 Å². The summed E-state index contributed by atoms with van der Waals surface area (Å²) in [4.78, 5) is 33.6. The molecule has 1 saturated heterocycles.